The minimum absolute atomic E-state index is 0.0474. The van der Waals surface area contributed by atoms with Gasteiger partial charge in [-0.1, -0.05) is 30.3 Å². The van der Waals surface area contributed by atoms with E-state index in [4.69, 9.17) is 5.10 Å². The van der Waals surface area contributed by atoms with Crippen molar-refractivity contribution in [3.05, 3.63) is 106 Å². The molecule has 0 aliphatic carbocycles. The van der Waals surface area contributed by atoms with Gasteiger partial charge in [0.1, 0.15) is 5.69 Å². The van der Waals surface area contributed by atoms with E-state index < -0.39 is 4.92 Å². The number of aliphatic imine (C=N–C) groups is 1. The first-order chi connectivity index (χ1) is 14.1. The van der Waals surface area contributed by atoms with E-state index in [0.717, 1.165) is 28.1 Å². The summed E-state index contributed by atoms with van der Waals surface area (Å²) in [6, 6.07) is 24.1. The average molecular weight is 382 g/mol. The molecular weight excluding hydrogens is 364 g/mol. The van der Waals surface area contributed by atoms with E-state index >= 15 is 0 Å². The smallest absolute Gasteiger partial charge is 0.258 e. The highest BCUT2D eigenvalue weighted by Crippen LogP contribution is 2.25. The number of para-hydroxylation sites is 1. The van der Waals surface area contributed by atoms with Crippen LogP contribution in [0.3, 0.4) is 0 Å². The zero-order valence-corrected chi connectivity index (χ0v) is 15.8. The van der Waals surface area contributed by atoms with Gasteiger partial charge in [-0.3, -0.25) is 15.1 Å². The fourth-order valence-corrected chi connectivity index (χ4v) is 3.01. The number of hydrogen-bond donors (Lipinski definition) is 0. The Labute approximate surface area is 167 Å². The number of nitro benzene ring substituents is 1. The van der Waals surface area contributed by atoms with E-state index in [1.165, 1.54) is 12.1 Å². The third-order valence-corrected chi connectivity index (χ3v) is 4.47. The highest BCUT2D eigenvalue weighted by atomic mass is 16.6. The van der Waals surface area contributed by atoms with Gasteiger partial charge in [0.15, 0.2) is 0 Å². The van der Waals surface area contributed by atoms with Crippen molar-refractivity contribution in [2.45, 2.75) is 6.92 Å². The van der Waals surface area contributed by atoms with E-state index in [1.807, 2.05) is 67.7 Å². The molecule has 0 amide bonds. The molecule has 6 heteroatoms. The molecule has 3 aromatic carbocycles. The second kappa shape index (κ2) is 7.90. The second-order valence-corrected chi connectivity index (χ2v) is 6.61. The molecule has 0 atom stereocenters. The normalized spacial score (nSPS) is 11.1. The Bertz CT molecular complexity index is 1180. The average Bonchev–Trinajstić information content (AvgIpc) is 3.17. The van der Waals surface area contributed by atoms with Crippen LogP contribution >= 0.6 is 0 Å². The zero-order chi connectivity index (χ0) is 20.2. The number of hydrogen-bond acceptors (Lipinski definition) is 4. The molecule has 0 saturated heterocycles. The van der Waals surface area contributed by atoms with Crippen LogP contribution in [-0.2, 0) is 0 Å². The summed E-state index contributed by atoms with van der Waals surface area (Å²) in [7, 11) is 0. The summed E-state index contributed by atoms with van der Waals surface area (Å²) in [5.41, 5.74) is 5.28. The molecule has 0 spiro atoms. The van der Waals surface area contributed by atoms with Crippen molar-refractivity contribution in [1.29, 1.82) is 0 Å². The fraction of sp³-hybridized carbons (Fsp3) is 0.0435. The second-order valence-electron chi connectivity index (χ2n) is 6.61. The predicted molar refractivity (Wildman–Crippen MR) is 114 cm³/mol. The highest BCUT2D eigenvalue weighted by Gasteiger charge is 2.13. The number of non-ortho nitro benzene ring substituents is 1. The molecule has 0 N–H and O–H groups in total. The van der Waals surface area contributed by atoms with Gasteiger partial charge in [0, 0.05) is 35.7 Å². The number of aromatic nitrogens is 2. The van der Waals surface area contributed by atoms with Crippen LogP contribution in [0.1, 0.15) is 11.1 Å². The van der Waals surface area contributed by atoms with Crippen LogP contribution in [-0.4, -0.2) is 20.9 Å². The van der Waals surface area contributed by atoms with Crippen LogP contribution in [0.25, 0.3) is 16.9 Å². The number of aryl methyl sites for hydroxylation is 1. The Balaban J connectivity index is 1.77. The lowest BCUT2D eigenvalue weighted by Crippen LogP contribution is -1.94. The van der Waals surface area contributed by atoms with Crippen LogP contribution in [0.4, 0.5) is 11.4 Å². The zero-order valence-electron chi connectivity index (χ0n) is 15.8. The highest BCUT2D eigenvalue weighted by molar-refractivity contribution is 5.90. The van der Waals surface area contributed by atoms with Crippen LogP contribution < -0.4 is 0 Å². The monoisotopic (exact) mass is 382 g/mol. The first kappa shape index (κ1) is 18.3. The third kappa shape index (κ3) is 4.11. The molecule has 0 saturated carbocycles. The Kier molecular flexibility index (Phi) is 4.99. The molecule has 0 aliphatic rings. The summed E-state index contributed by atoms with van der Waals surface area (Å²) in [5.74, 6) is 0. The summed E-state index contributed by atoms with van der Waals surface area (Å²) >= 11 is 0. The van der Waals surface area contributed by atoms with Gasteiger partial charge in [-0.25, -0.2) is 4.68 Å². The van der Waals surface area contributed by atoms with Crippen molar-refractivity contribution in [3.8, 4) is 16.9 Å². The summed E-state index contributed by atoms with van der Waals surface area (Å²) in [5, 5.41) is 15.7. The van der Waals surface area contributed by atoms with Gasteiger partial charge in [0.25, 0.3) is 5.69 Å². The van der Waals surface area contributed by atoms with E-state index in [0.29, 0.717) is 5.69 Å². The molecule has 1 heterocycles. The molecule has 0 radical (unpaired) electrons. The molecule has 1 aromatic heterocycles. The van der Waals surface area contributed by atoms with E-state index in [9.17, 15) is 10.1 Å². The van der Waals surface area contributed by atoms with E-state index in [-0.39, 0.29) is 5.69 Å². The van der Waals surface area contributed by atoms with E-state index in [1.54, 1.807) is 23.0 Å². The summed E-state index contributed by atoms with van der Waals surface area (Å²) in [6.45, 7) is 2.02. The Hall–Kier alpha value is -4.06. The van der Waals surface area contributed by atoms with Gasteiger partial charge in [-0.2, -0.15) is 5.10 Å². The molecule has 142 valence electrons. The largest absolute Gasteiger partial charge is 0.269 e. The molecule has 0 unspecified atom stereocenters. The molecular formula is C23H18N4O2. The van der Waals surface area contributed by atoms with Gasteiger partial charge in [-0.05, 0) is 48.9 Å². The maximum atomic E-state index is 11.0. The van der Waals surface area contributed by atoms with Gasteiger partial charge in [0.05, 0.1) is 16.3 Å². The Morgan fingerprint density at radius 2 is 1.76 bits per heavy atom. The van der Waals surface area contributed by atoms with Gasteiger partial charge in [-0.15, -0.1) is 0 Å². The van der Waals surface area contributed by atoms with Crippen molar-refractivity contribution in [2.75, 3.05) is 0 Å². The number of nitro groups is 1. The third-order valence-electron chi connectivity index (χ3n) is 4.47. The van der Waals surface area contributed by atoms with Crippen molar-refractivity contribution in [1.82, 2.24) is 9.78 Å². The molecule has 29 heavy (non-hydrogen) atoms. The summed E-state index contributed by atoms with van der Waals surface area (Å²) in [4.78, 5) is 15.1. The first-order valence-corrected chi connectivity index (χ1v) is 9.11. The van der Waals surface area contributed by atoms with Crippen molar-refractivity contribution >= 4 is 17.6 Å². The summed E-state index contributed by atoms with van der Waals surface area (Å²) in [6.07, 6.45) is 3.68. The standard InChI is InChI=1S/C23H18N4O2/c1-17-6-5-7-20(14-17)24-15-19-16-26(21-8-3-2-4-9-21)25-23(19)18-10-12-22(13-11-18)27(28)29/h2-16H,1H3. The van der Waals surface area contributed by atoms with Gasteiger partial charge < -0.3 is 0 Å². The molecule has 6 nitrogen and oxygen atoms in total. The molecule has 4 aromatic rings. The molecule has 0 aliphatic heterocycles. The van der Waals surface area contributed by atoms with Crippen LogP contribution in [0.2, 0.25) is 0 Å². The first-order valence-electron chi connectivity index (χ1n) is 9.11. The fourth-order valence-electron chi connectivity index (χ4n) is 3.01. The van der Waals surface area contributed by atoms with Gasteiger partial charge in [0.2, 0.25) is 0 Å². The lowest BCUT2D eigenvalue weighted by atomic mass is 10.1. The SMILES string of the molecule is Cc1cccc(N=Cc2cn(-c3ccccc3)nc2-c2ccc([N+](=O)[O-])cc2)c1. The number of rotatable bonds is 5. The van der Waals surface area contributed by atoms with Crippen molar-refractivity contribution in [2.24, 2.45) is 4.99 Å². The minimum atomic E-state index is -0.410. The van der Waals surface area contributed by atoms with Gasteiger partial charge >= 0.3 is 0 Å². The predicted octanol–water partition coefficient (Wildman–Crippen LogP) is 5.51. The Morgan fingerprint density at radius 1 is 1.00 bits per heavy atom. The molecule has 4 rings (SSSR count). The quantitative estimate of drug-likeness (QED) is 0.260. The van der Waals surface area contributed by atoms with Crippen molar-refractivity contribution < 1.29 is 4.92 Å². The molecule has 0 bridgehead atoms. The maximum Gasteiger partial charge on any atom is 0.269 e. The minimum Gasteiger partial charge on any atom is -0.258 e. The van der Waals surface area contributed by atoms with Crippen LogP contribution in [0, 0.1) is 17.0 Å². The van der Waals surface area contributed by atoms with Crippen LogP contribution in [0.15, 0.2) is 90.1 Å². The van der Waals surface area contributed by atoms with E-state index in [2.05, 4.69) is 4.99 Å². The van der Waals surface area contributed by atoms with Crippen molar-refractivity contribution in [3.63, 3.8) is 0 Å². The Morgan fingerprint density at radius 3 is 2.45 bits per heavy atom. The lowest BCUT2D eigenvalue weighted by molar-refractivity contribution is -0.384. The molecule has 0 fully saturated rings. The van der Waals surface area contributed by atoms with Crippen LogP contribution in [0.5, 0.6) is 0 Å². The number of benzene rings is 3. The maximum absolute atomic E-state index is 11.0. The topological polar surface area (TPSA) is 73.3 Å². The number of nitrogens with zero attached hydrogens (tertiary/aromatic N) is 4. The lowest BCUT2D eigenvalue weighted by Gasteiger charge is -2.00. The summed E-state index contributed by atoms with van der Waals surface area (Å²) < 4.78 is 1.79.